The number of amides is 1. The summed E-state index contributed by atoms with van der Waals surface area (Å²) in [6.07, 6.45) is 2.59. The van der Waals surface area contributed by atoms with Crippen molar-refractivity contribution < 1.29 is 22.3 Å². The summed E-state index contributed by atoms with van der Waals surface area (Å²) in [5, 5.41) is 0.642. The third-order valence-electron chi connectivity index (χ3n) is 6.45. The first-order chi connectivity index (χ1) is 16.4. The number of aromatic nitrogens is 1. The number of piperidine rings is 1. The zero-order valence-electron chi connectivity index (χ0n) is 18.6. The van der Waals surface area contributed by atoms with Crippen molar-refractivity contribution in [1.82, 2.24) is 9.29 Å². The van der Waals surface area contributed by atoms with Gasteiger partial charge in [-0.15, -0.1) is 0 Å². The molecule has 2 aromatic carbocycles. The lowest BCUT2D eigenvalue weighted by Gasteiger charge is -2.33. The Kier molecular flexibility index (Phi) is 6.65. The molecule has 0 N–H and O–H groups in total. The number of thiazole rings is 1. The number of hydrogen-bond acceptors (Lipinski definition) is 6. The van der Waals surface area contributed by atoms with Crippen molar-refractivity contribution in [2.45, 2.75) is 36.7 Å². The maximum absolute atomic E-state index is 14.1. The number of carbonyl (C=O) groups is 1. The molecule has 0 saturated carbocycles. The molecule has 0 spiro atoms. The Morgan fingerprint density at radius 2 is 1.85 bits per heavy atom. The first-order valence-electron chi connectivity index (χ1n) is 11.5. The van der Waals surface area contributed by atoms with E-state index in [-0.39, 0.29) is 35.9 Å². The topological polar surface area (TPSA) is 79.8 Å². The predicted molar refractivity (Wildman–Crippen MR) is 129 cm³/mol. The van der Waals surface area contributed by atoms with E-state index in [0.717, 1.165) is 29.1 Å². The number of ether oxygens (including phenoxy) is 1. The average molecular weight is 504 g/mol. The zero-order valence-corrected chi connectivity index (χ0v) is 20.2. The van der Waals surface area contributed by atoms with Crippen molar-refractivity contribution >= 4 is 42.6 Å². The lowest BCUT2D eigenvalue weighted by molar-refractivity contribution is -0.123. The second-order valence-corrected chi connectivity index (χ2v) is 11.6. The number of sulfonamides is 1. The molecule has 34 heavy (non-hydrogen) atoms. The van der Waals surface area contributed by atoms with E-state index < -0.39 is 15.8 Å². The normalized spacial score (nSPS) is 20.1. The van der Waals surface area contributed by atoms with Crippen LogP contribution in [-0.4, -0.2) is 56.0 Å². The minimum absolute atomic E-state index is 0.0301. The molecular weight excluding hydrogens is 477 g/mol. The second kappa shape index (κ2) is 9.69. The highest BCUT2D eigenvalue weighted by molar-refractivity contribution is 7.89. The van der Waals surface area contributed by atoms with Gasteiger partial charge in [0.1, 0.15) is 10.7 Å². The number of hydrogen-bond donors (Lipinski definition) is 0. The van der Waals surface area contributed by atoms with Gasteiger partial charge in [-0.3, -0.25) is 9.69 Å². The van der Waals surface area contributed by atoms with E-state index in [2.05, 4.69) is 0 Å². The third kappa shape index (κ3) is 4.59. The number of fused-ring (bicyclic) bond motifs is 1. The summed E-state index contributed by atoms with van der Waals surface area (Å²) in [5.74, 6) is -1.16. The maximum atomic E-state index is 14.1. The number of rotatable bonds is 6. The Morgan fingerprint density at radius 3 is 2.56 bits per heavy atom. The molecule has 3 heterocycles. The van der Waals surface area contributed by atoms with Crippen LogP contribution in [0.2, 0.25) is 0 Å². The molecule has 5 rings (SSSR count). The molecule has 10 heteroatoms. The highest BCUT2D eigenvalue weighted by atomic mass is 32.2. The lowest BCUT2D eigenvalue weighted by atomic mass is 9.96. The maximum Gasteiger partial charge on any atom is 0.245 e. The van der Waals surface area contributed by atoms with Crippen LogP contribution in [-0.2, 0) is 19.6 Å². The van der Waals surface area contributed by atoms with Gasteiger partial charge < -0.3 is 4.74 Å². The van der Waals surface area contributed by atoms with Gasteiger partial charge in [0, 0.05) is 25.6 Å². The summed E-state index contributed by atoms with van der Waals surface area (Å²) in [4.78, 5) is 19.8. The van der Waals surface area contributed by atoms with Crippen molar-refractivity contribution in [1.29, 1.82) is 0 Å². The van der Waals surface area contributed by atoms with Crippen LogP contribution >= 0.6 is 11.3 Å². The van der Waals surface area contributed by atoms with Gasteiger partial charge in [-0.05, 0) is 49.9 Å². The molecule has 2 aliphatic heterocycles. The first kappa shape index (κ1) is 23.3. The van der Waals surface area contributed by atoms with E-state index in [4.69, 9.17) is 9.72 Å². The number of halogens is 1. The number of carbonyl (C=O) groups excluding carboxylic acids is 1. The summed E-state index contributed by atoms with van der Waals surface area (Å²) >= 11 is 1.48. The van der Waals surface area contributed by atoms with Gasteiger partial charge in [-0.25, -0.2) is 17.8 Å². The summed E-state index contributed by atoms with van der Waals surface area (Å²) in [5.41, 5.74) is 0.846. The minimum Gasteiger partial charge on any atom is -0.376 e. The molecule has 1 atom stereocenters. The Morgan fingerprint density at radius 1 is 1.12 bits per heavy atom. The van der Waals surface area contributed by atoms with Crippen LogP contribution in [0.3, 0.4) is 0 Å². The summed E-state index contributed by atoms with van der Waals surface area (Å²) < 4.78 is 48.1. The predicted octanol–water partition coefficient (Wildman–Crippen LogP) is 4.05. The Hall–Kier alpha value is -2.40. The van der Waals surface area contributed by atoms with Crippen LogP contribution in [0.1, 0.15) is 25.7 Å². The van der Waals surface area contributed by atoms with Gasteiger partial charge in [-0.1, -0.05) is 35.6 Å². The van der Waals surface area contributed by atoms with Crippen LogP contribution in [0.15, 0.2) is 53.4 Å². The summed E-state index contributed by atoms with van der Waals surface area (Å²) in [6.45, 7) is 1.46. The van der Waals surface area contributed by atoms with Crippen molar-refractivity contribution in [3.63, 3.8) is 0 Å². The lowest BCUT2D eigenvalue weighted by Crippen LogP contribution is -2.46. The van der Waals surface area contributed by atoms with Crippen LogP contribution in [0.25, 0.3) is 10.2 Å². The second-order valence-electron chi connectivity index (χ2n) is 8.66. The molecule has 1 aromatic heterocycles. The molecule has 0 bridgehead atoms. The van der Waals surface area contributed by atoms with E-state index in [1.54, 1.807) is 4.90 Å². The number of anilines is 1. The van der Waals surface area contributed by atoms with Crippen LogP contribution in [0.5, 0.6) is 0 Å². The molecule has 0 unspecified atom stereocenters. The highest BCUT2D eigenvalue weighted by Crippen LogP contribution is 2.33. The minimum atomic E-state index is -3.95. The van der Waals surface area contributed by atoms with Gasteiger partial charge in [0.25, 0.3) is 0 Å². The van der Waals surface area contributed by atoms with Gasteiger partial charge in [0.05, 0.1) is 22.9 Å². The van der Waals surface area contributed by atoms with Gasteiger partial charge in [0.15, 0.2) is 5.13 Å². The molecule has 3 aromatic rings. The monoisotopic (exact) mass is 503 g/mol. The van der Waals surface area contributed by atoms with Crippen molar-refractivity contribution in [3.8, 4) is 0 Å². The molecule has 2 aliphatic rings. The number of benzene rings is 2. The number of para-hydroxylation sites is 1. The van der Waals surface area contributed by atoms with Crippen molar-refractivity contribution in [2.24, 2.45) is 5.92 Å². The van der Waals surface area contributed by atoms with Crippen molar-refractivity contribution in [3.05, 3.63) is 54.3 Å². The Labute approximate surface area is 202 Å². The summed E-state index contributed by atoms with van der Waals surface area (Å²) in [7, 11) is -3.95. The zero-order chi connectivity index (χ0) is 23.7. The quantitative estimate of drug-likeness (QED) is 0.507. The summed E-state index contributed by atoms with van der Waals surface area (Å²) in [6, 6.07) is 13.2. The van der Waals surface area contributed by atoms with Gasteiger partial charge >= 0.3 is 0 Å². The standard InChI is InChI=1S/C24H26FN3O4S2/c25-19-7-1-4-10-22(19)34(30,31)27-13-11-17(12-14-27)23(29)28(16-18-6-5-15-32-18)24-26-20-8-2-3-9-21(20)33-24/h1-4,7-10,17-18H,5-6,11-16H2/t18-/m0/s1. The third-order valence-corrected chi connectivity index (χ3v) is 9.44. The largest absolute Gasteiger partial charge is 0.376 e. The van der Waals surface area contributed by atoms with E-state index in [9.17, 15) is 17.6 Å². The van der Waals surface area contributed by atoms with Gasteiger partial charge in [-0.2, -0.15) is 4.31 Å². The van der Waals surface area contributed by atoms with Crippen LogP contribution in [0.4, 0.5) is 9.52 Å². The van der Waals surface area contributed by atoms with Gasteiger partial charge in [0.2, 0.25) is 15.9 Å². The molecule has 180 valence electrons. The fourth-order valence-electron chi connectivity index (χ4n) is 4.59. The molecule has 2 fully saturated rings. The fraction of sp³-hybridized carbons (Fsp3) is 0.417. The Bertz CT molecular complexity index is 1250. The molecule has 2 saturated heterocycles. The smallest absolute Gasteiger partial charge is 0.245 e. The van der Waals surface area contributed by atoms with E-state index in [0.29, 0.717) is 31.1 Å². The van der Waals surface area contributed by atoms with E-state index in [1.165, 1.54) is 33.8 Å². The Balaban J connectivity index is 1.33. The fourth-order valence-corrected chi connectivity index (χ4v) is 7.10. The van der Waals surface area contributed by atoms with E-state index in [1.807, 2.05) is 24.3 Å². The van der Waals surface area contributed by atoms with Crippen LogP contribution < -0.4 is 4.90 Å². The van der Waals surface area contributed by atoms with Crippen LogP contribution in [0, 0.1) is 11.7 Å². The highest BCUT2D eigenvalue weighted by Gasteiger charge is 2.36. The SMILES string of the molecule is O=C(C1CCN(S(=O)(=O)c2ccccc2F)CC1)N(C[C@@H]1CCCO1)c1nc2ccccc2s1. The molecule has 1 amide bonds. The average Bonchev–Trinajstić information content (AvgIpc) is 3.52. The molecule has 0 aliphatic carbocycles. The molecule has 7 nitrogen and oxygen atoms in total. The number of nitrogens with zero attached hydrogens (tertiary/aromatic N) is 3. The van der Waals surface area contributed by atoms with Crippen molar-refractivity contribution in [2.75, 3.05) is 31.1 Å². The first-order valence-corrected chi connectivity index (χ1v) is 13.7. The molecular formula is C24H26FN3O4S2. The van der Waals surface area contributed by atoms with E-state index >= 15 is 0 Å². The molecule has 0 radical (unpaired) electrons.